The van der Waals surface area contributed by atoms with E-state index in [1.807, 2.05) is 49.2 Å². The standard InChI is InChI=1S/C20H23ClN2O4/c1-13(23(2)11-15-9-16(21)5-7-17(15)25-3)20(24)22-10-14-4-6-18-19(8-14)27-12-26-18/h4-9,13H,10-12H2,1-3H3,(H,22,24)/t13-/m0/s1. The molecule has 0 radical (unpaired) electrons. The third-order valence-electron chi connectivity index (χ3n) is 4.61. The van der Waals surface area contributed by atoms with Gasteiger partial charge in [-0.2, -0.15) is 0 Å². The lowest BCUT2D eigenvalue weighted by Gasteiger charge is -2.25. The van der Waals surface area contributed by atoms with Crippen molar-refractivity contribution in [2.75, 3.05) is 21.0 Å². The highest BCUT2D eigenvalue weighted by atomic mass is 35.5. The van der Waals surface area contributed by atoms with Crippen LogP contribution in [-0.2, 0) is 17.9 Å². The van der Waals surface area contributed by atoms with Gasteiger partial charge < -0.3 is 19.5 Å². The Kier molecular flexibility index (Phi) is 6.08. The van der Waals surface area contributed by atoms with E-state index in [-0.39, 0.29) is 18.7 Å². The van der Waals surface area contributed by atoms with Crippen molar-refractivity contribution >= 4 is 17.5 Å². The predicted octanol–water partition coefficient (Wildman–Crippen LogP) is 3.21. The van der Waals surface area contributed by atoms with Crippen LogP contribution in [0.25, 0.3) is 0 Å². The zero-order valence-corrected chi connectivity index (χ0v) is 16.4. The van der Waals surface area contributed by atoms with Crippen LogP contribution in [0.15, 0.2) is 36.4 Å². The van der Waals surface area contributed by atoms with Crippen LogP contribution in [0.2, 0.25) is 5.02 Å². The minimum atomic E-state index is -0.317. The SMILES string of the molecule is COc1ccc(Cl)cc1CN(C)[C@@H](C)C(=O)NCc1ccc2c(c1)OCO2. The maximum atomic E-state index is 12.5. The molecule has 2 aromatic carbocycles. The normalized spacial score (nSPS) is 13.5. The van der Waals surface area contributed by atoms with Crippen molar-refractivity contribution in [2.45, 2.75) is 26.1 Å². The highest BCUT2D eigenvalue weighted by molar-refractivity contribution is 6.30. The fourth-order valence-electron chi connectivity index (χ4n) is 2.86. The van der Waals surface area contributed by atoms with Crippen LogP contribution in [0.3, 0.4) is 0 Å². The third kappa shape index (κ3) is 4.64. The second-order valence-corrected chi connectivity index (χ2v) is 6.89. The summed E-state index contributed by atoms with van der Waals surface area (Å²) in [7, 11) is 3.51. The molecule has 27 heavy (non-hydrogen) atoms. The molecule has 1 heterocycles. The number of likely N-dealkylation sites (N-methyl/N-ethyl adjacent to an activating group) is 1. The maximum Gasteiger partial charge on any atom is 0.237 e. The molecule has 1 aliphatic heterocycles. The van der Waals surface area contributed by atoms with Crippen molar-refractivity contribution in [1.29, 1.82) is 0 Å². The van der Waals surface area contributed by atoms with E-state index in [4.69, 9.17) is 25.8 Å². The minimum absolute atomic E-state index is 0.0591. The highest BCUT2D eigenvalue weighted by Crippen LogP contribution is 2.32. The fraction of sp³-hybridized carbons (Fsp3) is 0.350. The highest BCUT2D eigenvalue weighted by Gasteiger charge is 2.20. The summed E-state index contributed by atoms with van der Waals surface area (Å²) in [5.41, 5.74) is 1.89. The predicted molar refractivity (Wildman–Crippen MR) is 103 cm³/mol. The van der Waals surface area contributed by atoms with E-state index < -0.39 is 0 Å². The Morgan fingerprint density at radius 1 is 1.26 bits per heavy atom. The molecular formula is C20H23ClN2O4. The first kappa shape index (κ1) is 19.3. The largest absolute Gasteiger partial charge is 0.496 e. The maximum absolute atomic E-state index is 12.5. The number of methoxy groups -OCH3 is 1. The van der Waals surface area contributed by atoms with Gasteiger partial charge in [0, 0.05) is 23.7 Å². The minimum Gasteiger partial charge on any atom is -0.496 e. The lowest BCUT2D eigenvalue weighted by atomic mass is 10.1. The number of nitrogens with one attached hydrogen (secondary N) is 1. The molecule has 0 saturated carbocycles. The molecular weight excluding hydrogens is 368 g/mol. The van der Waals surface area contributed by atoms with Crippen LogP contribution < -0.4 is 19.5 Å². The number of rotatable bonds is 7. The Morgan fingerprint density at radius 3 is 2.81 bits per heavy atom. The van der Waals surface area contributed by atoms with Gasteiger partial charge in [0.1, 0.15) is 5.75 Å². The first-order chi connectivity index (χ1) is 13.0. The number of fused-ring (bicyclic) bond motifs is 1. The summed E-state index contributed by atoms with van der Waals surface area (Å²) >= 11 is 6.08. The summed E-state index contributed by atoms with van der Waals surface area (Å²) in [5, 5.41) is 3.60. The summed E-state index contributed by atoms with van der Waals surface area (Å²) in [6.07, 6.45) is 0. The van der Waals surface area contributed by atoms with E-state index in [0.717, 1.165) is 22.6 Å². The Morgan fingerprint density at radius 2 is 2.04 bits per heavy atom. The van der Waals surface area contributed by atoms with Gasteiger partial charge in [0.2, 0.25) is 12.7 Å². The molecule has 0 aliphatic carbocycles. The van der Waals surface area contributed by atoms with E-state index in [1.165, 1.54) is 0 Å². The second-order valence-electron chi connectivity index (χ2n) is 6.45. The molecule has 6 nitrogen and oxygen atoms in total. The number of benzene rings is 2. The Labute approximate surface area is 164 Å². The summed E-state index contributed by atoms with van der Waals surface area (Å²) in [5.74, 6) is 2.13. The fourth-order valence-corrected chi connectivity index (χ4v) is 3.06. The van der Waals surface area contributed by atoms with Gasteiger partial charge in [0.25, 0.3) is 0 Å². The van der Waals surface area contributed by atoms with Crippen LogP contribution >= 0.6 is 11.6 Å². The Balaban J connectivity index is 1.57. The van der Waals surface area contributed by atoms with E-state index in [1.54, 1.807) is 13.2 Å². The van der Waals surface area contributed by atoms with E-state index in [2.05, 4.69) is 5.32 Å². The van der Waals surface area contributed by atoms with Gasteiger partial charge in [-0.05, 0) is 49.9 Å². The number of halogens is 1. The van der Waals surface area contributed by atoms with Crippen LogP contribution in [0.4, 0.5) is 0 Å². The van der Waals surface area contributed by atoms with Crippen LogP contribution in [0, 0.1) is 0 Å². The molecule has 144 valence electrons. The molecule has 1 amide bonds. The quantitative estimate of drug-likeness (QED) is 0.786. The molecule has 0 aromatic heterocycles. The van der Waals surface area contributed by atoms with Gasteiger partial charge in [-0.1, -0.05) is 17.7 Å². The van der Waals surface area contributed by atoms with Gasteiger partial charge in [0.15, 0.2) is 11.5 Å². The van der Waals surface area contributed by atoms with Crippen LogP contribution in [0.5, 0.6) is 17.2 Å². The van der Waals surface area contributed by atoms with Crippen molar-refractivity contribution in [3.63, 3.8) is 0 Å². The summed E-state index contributed by atoms with van der Waals surface area (Å²) in [6.45, 7) is 3.07. The molecule has 0 saturated heterocycles. The molecule has 7 heteroatoms. The molecule has 1 aliphatic rings. The Hall–Kier alpha value is -2.44. The number of nitrogens with zero attached hydrogens (tertiary/aromatic N) is 1. The molecule has 2 aromatic rings. The molecule has 1 atom stereocenters. The summed E-state index contributed by atoms with van der Waals surface area (Å²) < 4.78 is 16.0. The van der Waals surface area contributed by atoms with Crippen molar-refractivity contribution in [1.82, 2.24) is 10.2 Å². The Bertz CT molecular complexity index is 828. The number of carbonyl (C=O) groups is 1. The molecule has 0 spiro atoms. The van der Waals surface area contributed by atoms with Crippen LogP contribution in [0.1, 0.15) is 18.1 Å². The van der Waals surface area contributed by atoms with Crippen molar-refractivity contribution in [3.05, 3.63) is 52.5 Å². The first-order valence-electron chi connectivity index (χ1n) is 8.67. The summed E-state index contributed by atoms with van der Waals surface area (Å²) in [4.78, 5) is 14.5. The third-order valence-corrected chi connectivity index (χ3v) is 4.84. The second kappa shape index (κ2) is 8.50. The number of amides is 1. The monoisotopic (exact) mass is 390 g/mol. The zero-order valence-electron chi connectivity index (χ0n) is 15.6. The van der Waals surface area contributed by atoms with Crippen molar-refractivity contribution in [3.8, 4) is 17.2 Å². The van der Waals surface area contributed by atoms with Crippen LogP contribution in [-0.4, -0.2) is 37.8 Å². The molecule has 0 unspecified atom stereocenters. The number of ether oxygens (including phenoxy) is 3. The number of hydrogen-bond donors (Lipinski definition) is 1. The average molecular weight is 391 g/mol. The van der Waals surface area contributed by atoms with Gasteiger partial charge in [-0.3, -0.25) is 9.69 Å². The smallest absolute Gasteiger partial charge is 0.237 e. The number of carbonyl (C=O) groups excluding carboxylic acids is 1. The van der Waals surface area contributed by atoms with Gasteiger partial charge in [0.05, 0.1) is 13.2 Å². The van der Waals surface area contributed by atoms with Crippen molar-refractivity contribution in [2.24, 2.45) is 0 Å². The van der Waals surface area contributed by atoms with Crippen molar-refractivity contribution < 1.29 is 19.0 Å². The van der Waals surface area contributed by atoms with E-state index >= 15 is 0 Å². The zero-order chi connectivity index (χ0) is 19.4. The lowest BCUT2D eigenvalue weighted by Crippen LogP contribution is -2.42. The molecule has 3 rings (SSSR count). The summed E-state index contributed by atoms with van der Waals surface area (Å²) in [6, 6.07) is 10.8. The van der Waals surface area contributed by atoms with E-state index in [0.29, 0.717) is 23.9 Å². The molecule has 1 N–H and O–H groups in total. The molecule has 0 bridgehead atoms. The molecule has 0 fully saturated rings. The average Bonchev–Trinajstić information content (AvgIpc) is 3.13. The number of hydrogen-bond acceptors (Lipinski definition) is 5. The van der Waals surface area contributed by atoms with Gasteiger partial charge in [-0.15, -0.1) is 0 Å². The first-order valence-corrected chi connectivity index (χ1v) is 9.04. The lowest BCUT2D eigenvalue weighted by molar-refractivity contribution is -0.125. The van der Waals surface area contributed by atoms with Gasteiger partial charge >= 0.3 is 0 Å². The topological polar surface area (TPSA) is 60.0 Å². The van der Waals surface area contributed by atoms with E-state index in [9.17, 15) is 4.79 Å². The van der Waals surface area contributed by atoms with Gasteiger partial charge in [-0.25, -0.2) is 0 Å².